The SMILES string of the molecule is COCCC(C)N(CCOC)CCC(=N)N. The van der Waals surface area contributed by atoms with Crippen molar-refractivity contribution in [1.82, 2.24) is 4.90 Å². The maximum Gasteiger partial charge on any atom is 0.0918 e. The molecule has 0 heterocycles. The lowest BCUT2D eigenvalue weighted by atomic mass is 10.2. The Balaban J connectivity index is 4.00. The van der Waals surface area contributed by atoms with Crippen molar-refractivity contribution in [2.24, 2.45) is 5.73 Å². The summed E-state index contributed by atoms with van der Waals surface area (Å²) in [6.45, 7) is 5.30. The van der Waals surface area contributed by atoms with Crippen molar-refractivity contribution in [3.63, 3.8) is 0 Å². The second-order valence-electron chi connectivity index (χ2n) is 3.93. The first-order chi connectivity index (χ1) is 7.61. The van der Waals surface area contributed by atoms with E-state index in [1.807, 2.05) is 0 Å². The molecule has 3 N–H and O–H groups in total. The van der Waals surface area contributed by atoms with Crippen LogP contribution >= 0.6 is 0 Å². The Morgan fingerprint density at radius 3 is 2.38 bits per heavy atom. The first-order valence-electron chi connectivity index (χ1n) is 5.66. The maximum atomic E-state index is 7.24. The molecule has 0 rings (SSSR count). The lowest BCUT2D eigenvalue weighted by molar-refractivity contribution is 0.104. The topological polar surface area (TPSA) is 71.6 Å². The number of nitrogens with zero attached hydrogens (tertiary/aromatic N) is 1. The molecule has 16 heavy (non-hydrogen) atoms. The molecule has 0 fully saturated rings. The quantitative estimate of drug-likeness (QED) is 0.428. The summed E-state index contributed by atoms with van der Waals surface area (Å²) in [7, 11) is 3.41. The number of nitrogens with one attached hydrogen (secondary N) is 1. The summed E-state index contributed by atoms with van der Waals surface area (Å²) in [5.41, 5.74) is 5.37. The maximum absolute atomic E-state index is 7.24. The monoisotopic (exact) mass is 231 g/mol. The summed E-state index contributed by atoms with van der Waals surface area (Å²) < 4.78 is 10.1. The van der Waals surface area contributed by atoms with Gasteiger partial charge in [0.1, 0.15) is 0 Å². The Hall–Kier alpha value is -0.650. The average molecular weight is 231 g/mol. The van der Waals surface area contributed by atoms with E-state index in [1.165, 1.54) is 0 Å². The largest absolute Gasteiger partial charge is 0.388 e. The Morgan fingerprint density at radius 2 is 1.88 bits per heavy atom. The summed E-state index contributed by atoms with van der Waals surface area (Å²) in [5.74, 6) is 0.237. The van der Waals surface area contributed by atoms with E-state index in [9.17, 15) is 0 Å². The van der Waals surface area contributed by atoms with E-state index in [1.54, 1.807) is 14.2 Å². The molecule has 0 aromatic carbocycles. The van der Waals surface area contributed by atoms with E-state index in [2.05, 4.69) is 11.8 Å². The fourth-order valence-electron chi connectivity index (χ4n) is 1.50. The summed E-state index contributed by atoms with van der Waals surface area (Å²) in [4.78, 5) is 2.28. The Morgan fingerprint density at radius 1 is 1.25 bits per heavy atom. The van der Waals surface area contributed by atoms with Crippen LogP contribution in [0.15, 0.2) is 0 Å². The van der Waals surface area contributed by atoms with Gasteiger partial charge in [0.15, 0.2) is 0 Å². The first-order valence-corrected chi connectivity index (χ1v) is 5.66. The molecule has 0 aromatic heterocycles. The van der Waals surface area contributed by atoms with Gasteiger partial charge in [-0.05, 0) is 13.3 Å². The minimum atomic E-state index is 0.237. The van der Waals surface area contributed by atoms with E-state index in [0.29, 0.717) is 19.1 Å². The van der Waals surface area contributed by atoms with Crippen LogP contribution in [-0.4, -0.2) is 57.3 Å². The van der Waals surface area contributed by atoms with Crippen molar-refractivity contribution in [1.29, 1.82) is 5.41 Å². The molecule has 0 saturated carbocycles. The highest BCUT2D eigenvalue weighted by Gasteiger charge is 2.13. The summed E-state index contributed by atoms with van der Waals surface area (Å²) in [6, 6.07) is 0.425. The third-order valence-corrected chi connectivity index (χ3v) is 2.61. The molecule has 5 nitrogen and oxygen atoms in total. The number of rotatable bonds is 10. The summed E-state index contributed by atoms with van der Waals surface area (Å²) in [6.07, 6.45) is 1.60. The van der Waals surface area contributed by atoms with Crippen LogP contribution < -0.4 is 5.73 Å². The predicted molar refractivity (Wildman–Crippen MR) is 65.9 cm³/mol. The van der Waals surface area contributed by atoms with Gasteiger partial charge in [0.25, 0.3) is 0 Å². The molecule has 0 aliphatic carbocycles. The van der Waals surface area contributed by atoms with Crippen molar-refractivity contribution in [2.45, 2.75) is 25.8 Å². The predicted octanol–water partition coefficient (Wildman–Crippen LogP) is 0.686. The van der Waals surface area contributed by atoms with E-state index < -0.39 is 0 Å². The molecule has 0 aliphatic heterocycles. The van der Waals surface area contributed by atoms with Gasteiger partial charge >= 0.3 is 0 Å². The zero-order chi connectivity index (χ0) is 12.4. The molecule has 0 aliphatic rings. The highest BCUT2D eigenvalue weighted by molar-refractivity contribution is 5.76. The van der Waals surface area contributed by atoms with Gasteiger partial charge in [0, 0.05) is 46.4 Å². The van der Waals surface area contributed by atoms with Crippen LogP contribution in [0.5, 0.6) is 0 Å². The van der Waals surface area contributed by atoms with Gasteiger partial charge in [0.2, 0.25) is 0 Å². The van der Waals surface area contributed by atoms with Crippen LogP contribution in [0, 0.1) is 5.41 Å². The van der Waals surface area contributed by atoms with Crippen LogP contribution in [0.1, 0.15) is 19.8 Å². The number of amidine groups is 1. The summed E-state index contributed by atoms with van der Waals surface area (Å²) in [5, 5.41) is 7.24. The number of hydrogen-bond acceptors (Lipinski definition) is 4. The fraction of sp³-hybridized carbons (Fsp3) is 0.909. The zero-order valence-corrected chi connectivity index (χ0v) is 10.7. The lowest BCUT2D eigenvalue weighted by Gasteiger charge is -2.28. The molecular weight excluding hydrogens is 206 g/mol. The minimum Gasteiger partial charge on any atom is -0.388 e. The molecule has 0 amide bonds. The molecule has 0 saturated heterocycles. The number of ether oxygens (including phenoxy) is 2. The smallest absolute Gasteiger partial charge is 0.0918 e. The van der Waals surface area contributed by atoms with E-state index >= 15 is 0 Å². The van der Waals surface area contributed by atoms with Gasteiger partial charge in [-0.15, -0.1) is 0 Å². The number of methoxy groups -OCH3 is 2. The molecule has 0 bridgehead atoms. The van der Waals surface area contributed by atoms with Crippen LogP contribution in [0.4, 0.5) is 0 Å². The van der Waals surface area contributed by atoms with Gasteiger partial charge in [-0.1, -0.05) is 0 Å². The molecule has 0 aromatic rings. The van der Waals surface area contributed by atoms with Crippen LogP contribution in [0.25, 0.3) is 0 Å². The van der Waals surface area contributed by atoms with Gasteiger partial charge in [-0.3, -0.25) is 10.3 Å². The zero-order valence-electron chi connectivity index (χ0n) is 10.7. The van der Waals surface area contributed by atoms with E-state index in [-0.39, 0.29) is 5.84 Å². The van der Waals surface area contributed by atoms with Crippen LogP contribution in [0.2, 0.25) is 0 Å². The molecule has 96 valence electrons. The van der Waals surface area contributed by atoms with Crippen molar-refractivity contribution in [3.05, 3.63) is 0 Å². The van der Waals surface area contributed by atoms with Crippen molar-refractivity contribution < 1.29 is 9.47 Å². The molecular formula is C11H25N3O2. The van der Waals surface area contributed by atoms with Gasteiger partial charge in [-0.25, -0.2) is 0 Å². The molecule has 0 spiro atoms. The average Bonchev–Trinajstić information content (AvgIpc) is 2.25. The van der Waals surface area contributed by atoms with Crippen molar-refractivity contribution in [3.8, 4) is 0 Å². The van der Waals surface area contributed by atoms with Gasteiger partial charge in [0.05, 0.1) is 12.4 Å². The molecule has 0 radical (unpaired) electrons. The van der Waals surface area contributed by atoms with E-state index in [0.717, 1.165) is 26.1 Å². The van der Waals surface area contributed by atoms with Crippen molar-refractivity contribution in [2.75, 3.05) is 40.5 Å². The second-order valence-corrected chi connectivity index (χ2v) is 3.93. The minimum absolute atomic E-state index is 0.237. The Kier molecular flexibility index (Phi) is 9.18. The lowest BCUT2D eigenvalue weighted by Crippen LogP contribution is -2.38. The van der Waals surface area contributed by atoms with Gasteiger partial charge in [-0.2, -0.15) is 0 Å². The Bertz CT molecular complexity index is 188. The molecule has 1 atom stereocenters. The number of hydrogen-bond donors (Lipinski definition) is 2. The molecule has 5 heteroatoms. The number of nitrogens with two attached hydrogens (primary N) is 1. The normalized spacial score (nSPS) is 13.0. The van der Waals surface area contributed by atoms with Crippen molar-refractivity contribution >= 4 is 5.84 Å². The third-order valence-electron chi connectivity index (χ3n) is 2.61. The molecule has 1 unspecified atom stereocenters. The highest BCUT2D eigenvalue weighted by Crippen LogP contribution is 2.05. The van der Waals surface area contributed by atoms with Crippen LogP contribution in [0.3, 0.4) is 0 Å². The highest BCUT2D eigenvalue weighted by atomic mass is 16.5. The van der Waals surface area contributed by atoms with Crippen LogP contribution in [-0.2, 0) is 9.47 Å². The first kappa shape index (κ1) is 15.3. The fourth-order valence-corrected chi connectivity index (χ4v) is 1.50. The third kappa shape index (κ3) is 7.62. The van der Waals surface area contributed by atoms with Gasteiger partial charge < -0.3 is 15.2 Å². The second kappa shape index (κ2) is 9.57. The summed E-state index contributed by atoms with van der Waals surface area (Å²) >= 11 is 0. The standard InChI is InChI=1S/C11H25N3O2/c1-10(5-8-15-2)14(7-9-16-3)6-4-11(12)13/h10H,4-9H2,1-3H3,(H3,12,13). The van der Waals surface area contributed by atoms with E-state index in [4.69, 9.17) is 20.6 Å². The Labute approximate surface area is 98.4 Å².